The number of hydrogen-bond acceptors (Lipinski definition) is 2. The average molecular weight is 376 g/mol. The first-order valence-electron chi connectivity index (χ1n) is 8.96. The van der Waals surface area contributed by atoms with Crippen molar-refractivity contribution in [2.75, 3.05) is 6.54 Å². The Bertz CT molecular complexity index is 944. The third kappa shape index (κ3) is 4.45. The Hall–Kier alpha value is -2.47. The molecule has 2 aromatic carbocycles. The molecule has 0 bridgehead atoms. The lowest BCUT2D eigenvalue weighted by atomic mass is 9.96. The largest absolute Gasteiger partial charge is 0.573 e. The van der Waals surface area contributed by atoms with Crippen LogP contribution in [0.5, 0.6) is 5.75 Å². The summed E-state index contributed by atoms with van der Waals surface area (Å²) < 4.78 is 41.9. The van der Waals surface area contributed by atoms with Gasteiger partial charge in [0.1, 0.15) is 5.75 Å². The fraction of sp³-hybridized carbons (Fsp3) is 0.333. The highest BCUT2D eigenvalue weighted by Crippen LogP contribution is 2.36. The number of hydrogen-bond donors (Lipinski definition) is 2. The Kier molecular flexibility index (Phi) is 5.46. The molecule has 6 heteroatoms. The zero-order valence-corrected chi connectivity index (χ0v) is 15.4. The van der Waals surface area contributed by atoms with Crippen LogP contribution >= 0.6 is 0 Å². The number of fused-ring (bicyclic) bond motifs is 1. The molecule has 0 saturated heterocycles. The fourth-order valence-electron chi connectivity index (χ4n) is 3.45. The molecule has 3 nitrogen and oxygen atoms in total. The number of nitrogens with two attached hydrogens (primary N) is 1. The monoisotopic (exact) mass is 376 g/mol. The second kappa shape index (κ2) is 7.64. The molecule has 3 aromatic rings. The number of rotatable bonds is 6. The second-order valence-corrected chi connectivity index (χ2v) is 6.80. The van der Waals surface area contributed by atoms with E-state index in [-0.39, 0.29) is 5.75 Å². The first-order valence-corrected chi connectivity index (χ1v) is 8.96. The van der Waals surface area contributed by atoms with Gasteiger partial charge >= 0.3 is 6.36 Å². The second-order valence-electron chi connectivity index (χ2n) is 6.80. The van der Waals surface area contributed by atoms with E-state index in [0.717, 1.165) is 58.1 Å². The summed E-state index contributed by atoms with van der Waals surface area (Å²) in [5.41, 5.74) is 11.7. The van der Waals surface area contributed by atoms with Crippen LogP contribution < -0.4 is 10.5 Å². The van der Waals surface area contributed by atoms with Crippen molar-refractivity contribution in [1.29, 1.82) is 0 Å². The molecule has 0 aliphatic carbocycles. The Morgan fingerprint density at radius 2 is 1.81 bits per heavy atom. The maximum absolute atomic E-state index is 12.6. The summed E-state index contributed by atoms with van der Waals surface area (Å²) in [7, 11) is 0. The molecule has 144 valence electrons. The van der Waals surface area contributed by atoms with E-state index in [1.165, 1.54) is 12.1 Å². The van der Waals surface area contributed by atoms with Crippen LogP contribution in [0.2, 0.25) is 0 Å². The minimum atomic E-state index is -4.71. The van der Waals surface area contributed by atoms with Gasteiger partial charge in [-0.05, 0) is 69.0 Å². The maximum atomic E-state index is 12.6. The minimum Gasteiger partial charge on any atom is -0.406 e. The summed E-state index contributed by atoms with van der Waals surface area (Å²) in [5.74, 6) is -0.207. The van der Waals surface area contributed by atoms with Gasteiger partial charge in [-0.25, -0.2) is 0 Å². The van der Waals surface area contributed by atoms with Crippen LogP contribution in [-0.4, -0.2) is 17.9 Å². The number of ether oxygens (including phenoxy) is 1. The molecule has 0 radical (unpaired) electrons. The number of alkyl halides is 3. The zero-order valence-electron chi connectivity index (χ0n) is 15.4. The molecule has 0 aliphatic heterocycles. The summed E-state index contributed by atoms with van der Waals surface area (Å²) in [4.78, 5) is 3.39. The van der Waals surface area contributed by atoms with Gasteiger partial charge in [-0.2, -0.15) is 0 Å². The number of benzene rings is 2. The Balaban J connectivity index is 2.12. The highest BCUT2D eigenvalue weighted by molar-refractivity contribution is 5.92. The number of aromatic nitrogens is 1. The Morgan fingerprint density at radius 1 is 1.04 bits per heavy atom. The van der Waals surface area contributed by atoms with E-state index in [0.29, 0.717) is 6.54 Å². The first kappa shape index (κ1) is 19.3. The van der Waals surface area contributed by atoms with Crippen molar-refractivity contribution in [2.24, 2.45) is 5.73 Å². The number of aromatic amines is 1. The van der Waals surface area contributed by atoms with Crippen molar-refractivity contribution in [3.8, 4) is 17.0 Å². The van der Waals surface area contributed by atoms with E-state index >= 15 is 0 Å². The molecule has 3 rings (SSSR count). The standard InChI is InChI=1S/C21H23F3N2O/c1-13-6-8-16(14(2)11-13)20-17(5-3-4-10-25)18-12-15(27-21(22,23)24)7-9-19(18)26-20/h6-9,11-12,26H,3-5,10,25H2,1-2H3. The molecule has 0 atom stereocenters. The molecule has 1 heterocycles. The third-order valence-corrected chi connectivity index (χ3v) is 4.64. The first-order chi connectivity index (χ1) is 12.8. The number of H-pyrrole nitrogens is 1. The van der Waals surface area contributed by atoms with Crippen LogP contribution in [0.15, 0.2) is 36.4 Å². The van der Waals surface area contributed by atoms with E-state index in [4.69, 9.17) is 5.73 Å². The van der Waals surface area contributed by atoms with E-state index in [2.05, 4.69) is 21.9 Å². The molecule has 0 saturated carbocycles. The van der Waals surface area contributed by atoms with E-state index in [1.54, 1.807) is 6.07 Å². The van der Waals surface area contributed by atoms with Gasteiger partial charge in [0.25, 0.3) is 0 Å². The smallest absolute Gasteiger partial charge is 0.406 e. The summed E-state index contributed by atoms with van der Waals surface area (Å²) in [6.45, 7) is 4.66. The number of nitrogens with one attached hydrogen (secondary N) is 1. The number of unbranched alkanes of at least 4 members (excludes halogenated alkanes) is 1. The van der Waals surface area contributed by atoms with Gasteiger partial charge in [0.2, 0.25) is 0 Å². The topological polar surface area (TPSA) is 51.0 Å². The molecule has 27 heavy (non-hydrogen) atoms. The van der Waals surface area contributed by atoms with Crippen LogP contribution in [0.1, 0.15) is 29.5 Å². The van der Waals surface area contributed by atoms with Crippen LogP contribution in [-0.2, 0) is 6.42 Å². The zero-order chi connectivity index (χ0) is 19.6. The molecule has 0 spiro atoms. The molecule has 0 amide bonds. The predicted octanol–water partition coefficient (Wildman–Crippen LogP) is 5.63. The quantitative estimate of drug-likeness (QED) is 0.548. The lowest BCUT2D eigenvalue weighted by Gasteiger charge is -2.10. The molecule has 0 unspecified atom stereocenters. The Labute approximate surface area is 156 Å². The molecular formula is C21H23F3N2O. The summed E-state index contributed by atoms with van der Waals surface area (Å²) in [6, 6.07) is 10.6. The van der Waals surface area contributed by atoms with E-state index in [9.17, 15) is 13.2 Å². The van der Waals surface area contributed by atoms with Crippen molar-refractivity contribution < 1.29 is 17.9 Å². The van der Waals surface area contributed by atoms with Crippen LogP contribution in [0.4, 0.5) is 13.2 Å². The SMILES string of the molecule is Cc1ccc(-c2[nH]c3ccc(OC(F)(F)F)cc3c2CCCCN)c(C)c1. The van der Waals surface area contributed by atoms with Gasteiger partial charge in [-0.3, -0.25) is 0 Å². The van der Waals surface area contributed by atoms with Crippen molar-refractivity contribution in [3.05, 3.63) is 53.1 Å². The van der Waals surface area contributed by atoms with Crippen LogP contribution in [0, 0.1) is 13.8 Å². The van der Waals surface area contributed by atoms with Gasteiger partial charge in [0.05, 0.1) is 0 Å². The summed E-state index contributed by atoms with van der Waals surface area (Å²) >= 11 is 0. The number of halogens is 3. The highest BCUT2D eigenvalue weighted by Gasteiger charge is 2.31. The molecule has 0 fully saturated rings. The summed E-state index contributed by atoms with van der Waals surface area (Å²) in [6.07, 6.45) is -2.25. The van der Waals surface area contributed by atoms with Gasteiger partial charge in [-0.15, -0.1) is 13.2 Å². The minimum absolute atomic E-state index is 0.207. The van der Waals surface area contributed by atoms with Gasteiger partial charge in [0, 0.05) is 22.2 Å². The lowest BCUT2D eigenvalue weighted by molar-refractivity contribution is -0.274. The van der Waals surface area contributed by atoms with Crippen molar-refractivity contribution in [1.82, 2.24) is 4.98 Å². The fourth-order valence-corrected chi connectivity index (χ4v) is 3.45. The highest BCUT2D eigenvalue weighted by atomic mass is 19.4. The van der Waals surface area contributed by atoms with Crippen molar-refractivity contribution in [3.63, 3.8) is 0 Å². The van der Waals surface area contributed by atoms with E-state index in [1.807, 2.05) is 19.9 Å². The molecule has 0 aliphatic rings. The van der Waals surface area contributed by atoms with Crippen LogP contribution in [0.25, 0.3) is 22.2 Å². The van der Waals surface area contributed by atoms with Gasteiger partial charge < -0.3 is 15.5 Å². The third-order valence-electron chi connectivity index (χ3n) is 4.64. The lowest BCUT2D eigenvalue weighted by Crippen LogP contribution is -2.16. The Morgan fingerprint density at radius 3 is 2.48 bits per heavy atom. The van der Waals surface area contributed by atoms with Crippen LogP contribution in [0.3, 0.4) is 0 Å². The van der Waals surface area contributed by atoms with Gasteiger partial charge in [-0.1, -0.05) is 23.8 Å². The molecular weight excluding hydrogens is 353 g/mol. The summed E-state index contributed by atoms with van der Waals surface area (Å²) in [5, 5.41) is 0.753. The van der Waals surface area contributed by atoms with Crippen molar-refractivity contribution >= 4 is 10.9 Å². The van der Waals surface area contributed by atoms with E-state index < -0.39 is 6.36 Å². The van der Waals surface area contributed by atoms with Gasteiger partial charge in [0.15, 0.2) is 0 Å². The average Bonchev–Trinajstić information content (AvgIpc) is 2.91. The normalized spacial score (nSPS) is 11.9. The predicted molar refractivity (Wildman–Crippen MR) is 102 cm³/mol. The maximum Gasteiger partial charge on any atom is 0.573 e. The van der Waals surface area contributed by atoms with Crippen molar-refractivity contribution in [2.45, 2.75) is 39.5 Å². The molecule has 3 N–H and O–H groups in total. The number of aryl methyl sites for hydroxylation is 3. The molecule has 1 aromatic heterocycles.